The third-order valence-corrected chi connectivity index (χ3v) is 7.62. The number of nitrogens with zero attached hydrogens (tertiary/aromatic N) is 2. The van der Waals surface area contributed by atoms with Crippen molar-refractivity contribution in [2.45, 2.75) is 26.5 Å². The summed E-state index contributed by atoms with van der Waals surface area (Å²) in [5.41, 5.74) is 4.34. The number of carbonyl (C=O) groups is 1. The predicted octanol–water partition coefficient (Wildman–Crippen LogP) is 6.41. The van der Waals surface area contributed by atoms with Crippen LogP contribution in [0.5, 0.6) is 23.0 Å². The molecule has 4 rings (SSSR count). The van der Waals surface area contributed by atoms with Gasteiger partial charge in [0.1, 0.15) is 24.1 Å². The van der Waals surface area contributed by atoms with Crippen LogP contribution in [0, 0.1) is 0 Å². The van der Waals surface area contributed by atoms with E-state index >= 15 is 0 Å². The fourth-order valence-corrected chi connectivity index (χ4v) is 5.39. The first-order valence-corrected chi connectivity index (χ1v) is 15.7. The molecule has 0 spiro atoms. The number of halogens is 1. The molecule has 0 heterocycles. The zero-order chi connectivity index (χ0) is 30.8. The molecule has 224 valence electrons. The molecule has 0 aliphatic carbocycles. The Morgan fingerprint density at radius 1 is 0.930 bits per heavy atom. The maximum absolute atomic E-state index is 13.0. The van der Waals surface area contributed by atoms with Crippen molar-refractivity contribution in [3.05, 3.63) is 113 Å². The van der Waals surface area contributed by atoms with E-state index < -0.39 is 22.0 Å². The van der Waals surface area contributed by atoms with Crippen molar-refractivity contribution < 1.29 is 27.4 Å². The summed E-state index contributed by atoms with van der Waals surface area (Å²) in [5, 5.41) is 4.69. The molecule has 0 aromatic heterocycles. The molecule has 0 saturated carbocycles. The average molecular weight is 622 g/mol. The highest BCUT2D eigenvalue weighted by Gasteiger charge is 2.29. The van der Waals surface area contributed by atoms with Gasteiger partial charge in [0.15, 0.2) is 11.5 Å². The fourth-order valence-electron chi connectivity index (χ4n) is 4.09. The zero-order valence-electron chi connectivity index (χ0n) is 23.9. The van der Waals surface area contributed by atoms with E-state index in [1.165, 1.54) is 13.1 Å². The van der Waals surface area contributed by atoms with Crippen molar-refractivity contribution in [3.8, 4) is 23.0 Å². The highest BCUT2D eigenvalue weighted by atomic mass is 35.5. The molecular formula is C32H32ClN3O6S. The lowest BCUT2D eigenvalue weighted by Gasteiger charge is -2.27. The second-order valence-electron chi connectivity index (χ2n) is 9.43. The normalized spacial score (nSPS) is 12.0. The molecule has 0 unspecified atom stereocenters. The van der Waals surface area contributed by atoms with E-state index in [9.17, 15) is 13.2 Å². The Morgan fingerprint density at radius 3 is 2.26 bits per heavy atom. The Hall–Kier alpha value is -4.54. The number of nitrogens with one attached hydrogen (secondary N) is 1. The van der Waals surface area contributed by atoms with E-state index in [-0.39, 0.29) is 0 Å². The van der Waals surface area contributed by atoms with Gasteiger partial charge in [-0.15, -0.1) is 0 Å². The first-order chi connectivity index (χ1) is 20.6. The van der Waals surface area contributed by atoms with Crippen LogP contribution in [-0.2, 0) is 21.4 Å². The van der Waals surface area contributed by atoms with Crippen LogP contribution in [0.3, 0.4) is 0 Å². The standard InChI is InChI=1S/C32H32ClN3O6S/c1-4-40-31-20-25(12-19-30(31)41-22-24-10-13-26(33)14-11-24)21-34-35-32(37)23(2)36(43(3,38)39)27-15-17-29(18-16-27)42-28-8-6-5-7-9-28/h5-21,23H,4,22H2,1-3H3,(H,35,37)/b34-21-/t23-/m1/s1. The predicted molar refractivity (Wildman–Crippen MR) is 169 cm³/mol. The number of rotatable bonds is 13. The van der Waals surface area contributed by atoms with Gasteiger partial charge in [0, 0.05) is 5.02 Å². The smallest absolute Gasteiger partial charge is 0.263 e. The Balaban J connectivity index is 1.41. The number of benzene rings is 4. The number of anilines is 1. The molecule has 0 saturated heterocycles. The van der Waals surface area contributed by atoms with E-state index in [4.69, 9.17) is 25.8 Å². The highest BCUT2D eigenvalue weighted by Crippen LogP contribution is 2.29. The van der Waals surface area contributed by atoms with Crippen LogP contribution >= 0.6 is 11.6 Å². The summed E-state index contributed by atoms with van der Waals surface area (Å²) in [6.07, 6.45) is 2.48. The fraction of sp³-hybridized carbons (Fsp3) is 0.188. The Morgan fingerprint density at radius 2 is 1.60 bits per heavy atom. The number of amides is 1. The summed E-state index contributed by atoms with van der Waals surface area (Å²) in [6, 6.07) is 27.2. The van der Waals surface area contributed by atoms with Crippen LogP contribution in [0.2, 0.25) is 5.02 Å². The van der Waals surface area contributed by atoms with Crippen molar-refractivity contribution in [2.75, 3.05) is 17.2 Å². The van der Waals surface area contributed by atoms with Crippen molar-refractivity contribution in [1.82, 2.24) is 5.43 Å². The van der Waals surface area contributed by atoms with Crippen LogP contribution in [-0.4, -0.2) is 39.4 Å². The second kappa shape index (κ2) is 14.6. The number of carbonyl (C=O) groups excluding carboxylic acids is 1. The summed E-state index contributed by atoms with van der Waals surface area (Å²) in [4.78, 5) is 13.0. The van der Waals surface area contributed by atoms with Gasteiger partial charge in [-0.25, -0.2) is 13.8 Å². The van der Waals surface area contributed by atoms with Crippen molar-refractivity contribution >= 4 is 39.4 Å². The molecule has 4 aromatic rings. The van der Waals surface area contributed by atoms with E-state index in [1.807, 2.05) is 49.4 Å². The number of ether oxygens (including phenoxy) is 3. The van der Waals surface area contributed by atoms with Crippen molar-refractivity contribution in [1.29, 1.82) is 0 Å². The lowest BCUT2D eigenvalue weighted by atomic mass is 10.2. The lowest BCUT2D eigenvalue weighted by Crippen LogP contribution is -2.46. The van der Waals surface area contributed by atoms with Gasteiger partial charge >= 0.3 is 0 Å². The Kier molecular flexibility index (Phi) is 10.6. The van der Waals surface area contributed by atoms with Crippen LogP contribution in [0.25, 0.3) is 0 Å². The topological polar surface area (TPSA) is 107 Å². The Labute approximate surface area is 256 Å². The first-order valence-electron chi connectivity index (χ1n) is 13.4. The molecular weight excluding hydrogens is 590 g/mol. The van der Waals surface area contributed by atoms with Gasteiger partial charge < -0.3 is 14.2 Å². The quantitative estimate of drug-likeness (QED) is 0.136. The molecule has 0 aliphatic heterocycles. The van der Waals surface area contributed by atoms with Crippen LogP contribution < -0.4 is 23.9 Å². The molecule has 0 fully saturated rings. The summed E-state index contributed by atoms with van der Waals surface area (Å²) in [7, 11) is -3.81. The summed E-state index contributed by atoms with van der Waals surface area (Å²) >= 11 is 5.95. The SMILES string of the molecule is CCOc1cc(/C=N\NC(=O)[C@@H](C)N(c2ccc(Oc3ccccc3)cc2)S(C)(=O)=O)ccc1OCc1ccc(Cl)cc1. The highest BCUT2D eigenvalue weighted by molar-refractivity contribution is 7.92. The minimum Gasteiger partial charge on any atom is -0.490 e. The molecule has 43 heavy (non-hydrogen) atoms. The van der Waals surface area contributed by atoms with E-state index in [1.54, 1.807) is 54.6 Å². The maximum Gasteiger partial charge on any atom is 0.263 e. The summed E-state index contributed by atoms with van der Waals surface area (Å²) in [6.45, 7) is 4.11. The molecule has 0 radical (unpaired) electrons. The van der Waals surface area contributed by atoms with Crippen molar-refractivity contribution in [2.24, 2.45) is 5.10 Å². The summed E-state index contributed by atoms with van der Waals surface area (Å²) < 4.78 is 43.8. The second-order valence-corrected chi connectivity index (χ2v) is 11.7. The molecule has 1 amide bonds. The third kappa shape index (κ3) is 8.97. The van der Waals surface area contributed by atoms with E-state index in [2.05, 4.69) is 10.5 Å². The summed E-state index contributed by atoms with van der Waals surface area (Å²) in [5.74, 6) is 1.63. The van der Waals surface area contributed by atoms with Gasteiger partial charge in [-0.05, 0) is 91.7 Å². The average Bonchev–Trinajstić information content (AvgIpc) is 2.98. The van der Waals surface area contributed by atoms with E-state index in [0.29, 0.717) is 52.5 Å². The molecule has 1 N–H and O–H groups in total. The van der Waals surface area contributed by atoms with Gasteiger partial charge in [0.2, 0.25) is 10.0 Å². The molecule has 9 nitrogen and oxygen atoms in total. The minimum absolute atomic E-state index is 0.310. The van der Waals surface area contributed by atoms with Crippen molar-refractivity contribution in [3.63, 3.8) is 0 Å². The number of sulfonamides is 1. The lowest BCUT2D eigenvalue weighted by molar-refractivity contribution is -0.121. The van der Waals surface area contributed by atoms with Gasteiger partial charge in [-0.1, -0.05) is 41.9 Å². The Bertz CT molecular complexity index is 1650. The third-order valence-electron chi connectivity index (χ3n) is 6.12. The number of para-hydroxylation sites is 1. The van der Waals surface area contributed by atoms with Gasteiger partial charge in [0.25, 0.3) is 5.91 Å². The van der Waals surface area contributed by atoms with Gasteiger partial charge in [0.05, 0.1) is 24.8 Å². The molecule has 0 aliphatic rings. The number of hydrogen-bond donors (Lipinski definition) is 1. The van der Waals surface area contributed by atoms with Crippen LogP contribution in [0.15, 0.2) is 102 Å². The number of hydrogen-bond acceptors (Lipinski definition) is 7. The molecule has 4 aromatic carbocycles. The molecule has 1 atom stereocenters. The molecule has 0 bridgehead atoms. The first kappa shape index (κ1) is 31.4. The largest absolute Gasteiger partial charge is 0.490 e. The minimum atomic E-state index is -3.81. The van der Waals surface area contributed by atoms with Gasteiger partial charge in [-0.3, -0.25) is 9.10 Å². The maximum atomic E-state index is 13.0. The van der Waals surface area contributed by atoms with Crippen LogP contribution in [0.4, 0.5) is 5.69 Å². The zero-order valence-corrected chi connectivity index (χ0v) is 25.5. The van der Waals surface area contributed by atoms with E-state index in [0.717, 1.165) is 16.1 Å². The van der Waals surface area contributed by atoms with Crippen LogP contribution in [0.1, 0.15) is 25.0 Å². The van der Waals surface area contributed by atoms with Gasteiger partial charge in [-0.2, -0.15) is 5.10 Å². The number of hydrazone groups is 1. The molecule has 11 heteroatoms. The monoisotopic (exact) mass is 621 g/mol.